The van der Waals surface area contributed by atoms with Gasteiger partial charge in [0.1, 0.15) is 5.58 Å². The molecule has 0 radical (unpaired) electrons. The SMILES string of the molecule is CCOCc1c(C(=O)NCc2ccccc2CN(C)C)oc2ccccc12. The number of nitrogens with zero attached hydrogens (tertiary/aromatic N) is 1. The number of benzene rings is 2. The molecule has 0 spiro atoms. The molecule has 0 aliphatic rings. The van der Waals surface area contributed by atoms with Gasteiger partial charge < -0.3 is 19.4 Å². The van der Waals surface area contributed by atoms with Crippen LogP contribution < -0.4 is 5.32 Å². The summed E-state index contributed by atoms with van der Waals surface area (Å²) in [4.78, 5) is 14.9. The molecule has 1 aromatic heterocycles. The molecule has 0 atom stereocenters. The fourth-order valence-corrected chi connectivity index (χ4v) is 3.11. The van der Waals surface area contributed by atoms with Gasteiger partial charge in [-0.25, -0.2) is 0 Å². The zero-order valence-electron chi connectivity index (χ0n) is 16.1. The van der Waals surface area contributed by atoms with Crippen LogP contribution in [0.4, 0.5) is 0 Å². The molecule has 0 saturated heterocycles. The third kappa shape index (κ3) is 4.56. The van der Waals surface area contributed by atoms with Gasteiger partial charge in [0.15, 0.2) is 5.76 Å². The Balaban J connectivity index is 1.81. The quantitative estimate of drug-likeness (QED) is 0.656. The topological polar surface area (TPSA) is 54.7 Å². The second-order valence-electron chi connectivity index (χ2n) is 6.73. The molecule has 1 N–H and O–H groups in total. The molecule has 1 amide bonds. The van der Waals surface area contributed by atoms with E-state index in [2.05, 4.69) is 16.3 Å². The molecule has 5 nitrogen and oxygen atoms in total. The van der Waals surface area contributed by atoms with Crippen LogP contribution in [0.1, 0.15) is 34.2 Å². The zero-order chi connectivity index (χ0) is 19.2. The number of carbonyl (C=O) groups is 1. The number of hydrogen-bond donors (Lipinski definition) is 1. The van der Waals surface area contributed by atoms with Gasteiger partial charge in [-0.1, -0.05) is 42.5 Å². The van der Waals surface area contributed by atoms with Crippen LogP contribution in [-0.4, -0.2) is 31.5 Å². The van der Waals surface area contributed by atoms with Crippen molar-refractivity contribution in [3.8, 4) is 0 Å². The van der Waals surface area contributed by atoms with Crippen LogP contribution in [0.3, 0.4) is 0 Å². The molecule has 0 unspecified atom stereocenters. The van der Waals surface area contributed by atoms with Crippen molar-refractivity contribution in [2.24, 2.45) is 0 Å². The molecule has 0 saturated carbocycles. The van der Waals surface area contributed by atoms with Crippen LogP contribution in [0.2, 0.25) is 0 Å². The van der Waals surface area contributed by atoms with Crippen molar-refractivity contribution in [1.29, 1.82) is 0 Å². The molecule has 142 valence electrons. The van der Waals surface area contributed by atoms with Gasteiger partial charge in [0.05, 0.1) is 6.61 Å². The first-order valence-corrected chi connectivity index (χ1v) is 9.18. The normalized spacial score (nSPS) is 11.3. The minimum atomic E-state index is -0.222. The number of rotatable bonds is 8. The van der Waals surface area contributed by atoms with E-state index in [0.29, 0.717) is 31.1 Å². The summed E-state index contributed by atoms with van der Waals surface area (Å²) in [6.45, 7) is 4.15. The van der Waals surface area contributed by atoms with E-state index in [9.17, 15) is 4.79 Å². The number of fused-ring (bicyclic) bond motifs is 1. The number of furan rings is 1. The maximum absolute atomic E-state index is 12.8. The van der Waals surface area contributed by atoms with Crippen LogP contribution in [0.25, 0.3) is 11.0 Å². The van der Waals surface area contributed by atoms with Crippen LogP contribution in [0.15, 0.2) is 52.9 Å². The van der Waals surface area contributed by atoms with Gasteiger partial charge in [-0.05, 0) is 38.2 Å². The van der Waals surface area contributed by atoms with E-state index < -0.39 is 0 Å². The Morgan fingerprint density at radius 1 is 1.07 bits per heavy atom. The number of nitrogens with one attached hydrogen (secondary N) is 1. The molecule has 1 heterocycles. The monoisotopic (exact) mass is 366 g/mol. The van der Waals surface area contributed by atoms with Crippen molar-refractivity contribution in [2.75, 3.05) is 20.7 Å². The lowest BCUT2D eigenvalue weighted by Gasteiger charge is -2.14. The summed E-state index contributed by atoms with van der Waals surface area (Å²) in [5.41, 5.74) is 3.79. The second kappa shape index (κ2) is 8.84. The Morgan fingerprint density at radius 2 is 1.78 bits per heavy atom. The number of para-hydroxylation sites is 1. The summed E-state index contributed by atoms with van der Waals surface area (Å²) in [5.74, 6) is 0.107. The van der Waals surface area contributed by atoms with Crippen molar-refractivity contribution in [3.63, 3.8) is 0 Å². The maximum Gasteiger partial charge on any atom is 0.287 e. The van der Waals surface area contributed by atoms with E-state index in [1.807, 2.05) is 63.5 Å². The highest BCUT2D eigenvalue weighted by Crippen LogP contribution is 2.26. The number of ether oxygens (including phenoxy) is 1. The predicted octanol–water partition coefficient (Wildman–Crippen LogP) is 3.96. The third-order valence-electron chi connectivity index (χ3n) is 4.40. The van der Waals surface area contributed by atoms with Gasteiger partial charge in [-0.2, -0.15) is 0 Å². The lowest BCUT2D eigenvalue weighted by atomic mass is 10.1. The van der Waals surface area contributed by atoms with Crippen molar-refractivity contribution in [3.05, 3.63) is 71.0 Å². The van der Waals surface area contributed by atoms with E-state index in [-0.39, 0.29) is 5.91 Å². The highest BCUT2D eigenvalue weighted by Gasteiger charge is 2.20. The summed E-state index contributed by atoms with van der Waals surface area (Å²) < 4.78 is 11.4. The smallest absolute Gasteiger partial charge is 0.287 e. The Hall–Kier alpha value is -2.63. The summed E-state index contributed by atoms with van der Waals surface area (Å²) in [7, 11) is 4.06. The van der Waals surface area contributed by atoms with Gasteiger partial charge in [-0.15, -0.1) is 0 Å². The van der Waals surface area contributed by atoms with Gasteiger partial charge in [0.2, 0.25) is 0 Å². The molecule has 0 aliphatic heterocycles. The van der Waals surface area contributed by atoms with E-state index in [1.165, 1.54) is 5.56 Å². The lowest BCUT2D eigenvalue weighted by molar-refractivity contribution is 0.0912. The first-order valence-electron chi connectivity index (χ1n) is 9.18. The molecule has 27 heavy (non-hydrogen) atoms. The highest BCUT2D eigenvalue weighted by molar-refractivity contribution is 5.99. The summed E-state index contributed by atoms with van der Waals surface area (Å²) in [6.07, 6.45) is 0. The Morgan fingerprint density at radius 3 is 2.52 bits per heavy atom. The molecular formula is C22H26N2O3. The van der Waals surface area contributed by atoms with Gasteiger partial charge >= 0.3 is 0 Å². The first kappa shape index (κ1) is 19.1. The van der Waals surface area contributed by atoms with E-state index in [0.717, 1.165) is 23.1 Å². The lowest BCUT2D eigenvalue weighted by Crippen LogP contribution is -2.24. The third-order valence-corrected chi connectivity index (χ3v) is 4.40. The molecule has 3 aromatic rings. The molecule has 0 aliphatic carbocycles. The Bertz CT molecular complexity index is 915. The molecular weight excluding hydrogens is 340 g/mol. The molecule has 5 heteroatoms. The van der Waals surface area contributed by atoms with E-state index >= 15 is 0 Å². The number of hydrogen-bond acceptors (Lipinski definition) is 4. The fourth-order valence-electron chi connectivity index (χ4n) is 3.11. The maximum atomic E-state index is 12.8. The zero-order valence-corrected chi connectivity index (χ0v) is 16.1. The second-order valence-corrected chi connectivity index (χ2v) is 6.73. The highest BCUT2D eigenvalue weighted by atomic mass is 16.5. The number of carbonyl (C=O) groups excluding carboxylic acids is 1. The largest absolute Gasteiger partial charge is 0.451 e. The predicted molar refractivity (Wildman–Crippen MR) is 107 cm³/mol. The van der Waals surface area contributed by atoms with Crippen LogP contribution in [0.5, 0.6) is 0 Å². The van der Waals surface area contributed by atoms with E-state index in [1.54, 1.807) is 0 Å². The van der Waals surface area contributed by atoms with Crippen molar-refractivity contribution in [1.82, 2.24) is 10.2 Å². The molecule has 0 fully saturated rings. The summed E-state index contributed by atoms with van der Waals surface area (Å²) in [5, 5.41) is 3.92. The van der Waals surface area contributed by atoms with Gasteiger partial charge in [-0.3, -0.25) is 4.79 Å². The average molecular weight is 366 g/mol. The standard InChI is InChI=1S/C22H26N2O3/c1-4-26-15-19-18-11-7-8-12-20(18)27-21(19)22(25)23-13-16-9-5-6-10-17(16)14-24(2)3/h5-12H,4,13-15H2,1-3H3,(H,23,25). The molecule has 3 rings (SSSR count). The van der Waals surface area contributed by atoms with Gasteiger partial charge in [0.25, 0.3) is 5.91 Å². The van der Waals surface area contributed by atoms with Crippen LogP contribution in [-0.2, 0) is 24.4 Å². The van der Waals surface area contributed by atoms with Crippen molar-refractivity contribution >= 4 is 16.9 Å². The Kier molecular flexibility index (Phi) is 6.27. The van der Waals surface area contributed by atoms with Gasteiger partial charge in [0, 0.05) is 30.6 Å². The Labute approximate surface area is 159 Å². The van der Waals surface area contributed by atoms with E-state index in [4.69, 9.17) is 9.15 Å². The average Bonchev–Trinajstić information content (AvgIpc) is 3.03. The molecule has 0 bridgehead atoms. The van der Waals surface area contributed by atoms with Crippen LogP contribution >= 0.6 is 0 Å². The minimum Gasteiger partial charge on any atom is -0.451 e. The van der Waals surface area contributed by atoms with Crippen molar-refractivity contribution < 1.29 is 13.9 Å². The minimum absolute atomic E-state index is 0.222. The number of amides is 1. The van der Waals surface area contributed by atoms with Crippen molar-refractivity contribution in [2.45, 2.75) is 26.6 Å². The molecule has 2 aromatic carbocycles. The first-order chi connectivity index (χ1) is 13.1. The van der Waals surface area contributed by atoms with Crippen LogP contribution in [0, 0.1) is 0 Å². The summed E-state index contributed by atoms with van der Waals surface area (Å²) >= 11 is 0. The fraction of sp³-hybridized carbons (Fsp3) is 0.318. The summed E-state index contributed by atoms with van der Waals surface area (Å²) in [6, 6.07) is 15.8.